The number of furan rings is 1. The van der Waals surface area contributed by atoms with Crippen molar-refractivity contribution in [3.8, 4) is 22.7 Å². The summed E-state index contributed by atoms with van der Waals surface area (Å²) in [4.78, 5) is 24.6. The van der Waals surface area contributed by atoms with Gasteiger partial charge in [-0.3, -0.25) is 4.79 Å². The number of nitrogens with zero attached hydrogens (tertiary/aromatic N) is 3. The smallest absolute Gasteiger partial charge is 0.218 e. The lowest BCUT2D eigenvalue weighted by Crippen LogP contribution is -2.23. The molecule has 0 bridgehead atoms. The molecule has 0 aliphatic rings. The van der Waals surface area contributed by atoms with Crippen LogP contribution in [-0.2, 0) is 4.79 Å². The van der Waals surface area contributed by atoms with Crippen LogP contribution in [0, 0.1) is 0 Å². The Labute approximate surface area is 168 Å². The van der Waals surface area contributed by atoms with Gasteiger partial charge < -0.3 is 15.9 Å². The normalized spacial score (nSPS) is 10.6. The van der Waals surface area contributed by atoms with E-state index in [1.807, 2.05) is 0 Å². The van der Waals surface area contributed by atoms with Crippen LogP contribution in [0.25, 0.3) is 22.7 Å². The fourth-order valence-electron chi connectivity index (χ4n) is 2.15. The second-order valence-corrected chi connectivity index (χ2v) is 7.11. The Balaban J connectivity index is 2.01. The first-order valence-corrected chi connectivity index (χ1v) is 9.14. The van der Waals surface area contributed by atoms with E-state index in [0.29, 0.717) is 32.8 Å². The topological polar surface area (TPSA) is 120 Å². The molecule has 0 saturated heterocycles. The number of hydrogen-bond acceptors (Lipinski definition) is 6. The molecule has 0 spiro atoms. The number of halogens is 2. The second kappa shape index (κ2) is 8.43. The van der Waals surface area contributed by atoms with Crippen molar-refractivity contribution in [1.29, 1.82) is 0 Å². The Morgan fingerprint density at radius 2 is 1.93 bits per heavy atom. The number of carbonyl (C=O) groups is 1. The number of hydrogen-bond donors (Lipinski definition) is 2. The number of nitrogens with two attached hydrogens (primary N) is 2. The summed E-state index contributed by atoms with van der Waals surface area (Å²) in [5.41, 5.74) is 12.2. The maximum Gasteiger partial charge on any atom is 0.218 e. The average molecular weight is 422 g/mol. The van der Waals surface area contributed by atoms with Gasteiger partial charge >= 0.3 is 0 Å². The predicted molar refractivity (Wildman–Crippen MR) is 107 cm³/mol. The molecule has 3 rings (SSSR count). The molecule has 4 N–H and O–H groups in total. The summed E-state index contributed by atoms with van der Waals surface area (Å²) in [6.07, 6.45) is 1.53. The molecule has 0 radical (unpaired) electrons. The van der Waals surface area contributed by atoms with Gasteiger partial charge in [-0.1, -0.05) is 23.2 Å². The summed E-state index contributed by atoms with van der Waals surface area (Å²) in [7, 11) is 0. The highest BCUT2D eigenvalue weighted by atomic mass is 35.5. The summed E-state index contributed by atoms with van der Waals surface area (Å²) in [5, 5.41) is 0.842. The third-order valence-corrected chi connectivity index (χ3v) is 4.55. The van der Waals surface area contributed by atoms with E-state index in [1.54, 1.807) is 36.4 Å². The van der Waals surface area contributed by atoms with E-state index in [-0.39, 0.29) is 22.8 Å². The van der Waals surface area contributed by atoms with Crippen molar-refractivity contribution < 1.29 is 9.21 Å². The molecule has 10 heteroatoms. The van der Waals surface area contributed by atoms with Gasteiger partial charge in [0.2, 0.25) is 5.12 Å². The number of rotatable bonds is 5. The van der Waals surface area contributed by atoms with E-state index in [0.717, 1.165) is 11.8 Å². The summed E-state index contributed by atoms with van der Waals surface area (Å²) in [6, 6.07) is 10.3. The maximum atomic E-state index is 12.1. The van der Waals surface area contributed by atoms with E-state index in [9.17, 15) is 4.79 Å². The van der Waals surface area contributed by atoms with E-state index in [4.69, 9.17) is 39.1 Å². The third kappa shape index (κ3) is 5.00. The maximum absolute atomic E-state index is 12.1. The SMILES string of the molecule is NC(N)=NCC(=O)Sc1nc(-c2ccco2)cc(-c2ccc(Cl)cc2Cl)n1. The van der Waals surface area contributed by atoms with Crippen molar-refractivity contribution in [3.05, 3.63) is 52.7 Å². The number of thioether (sulfide) groups is 1. The van der Waals surface area contributed by atoms with Crippen LogP contribution in [0.15, 0.2) is 57.2 Å². The molecule has 0 saturated carbocycles. The second-order valence-electron chi connectivity index (χ2n) is 5.24. The van der Waals surface area contributed by atoms with E-state index < -0.39 is 0 Å². The highest BCUT2D eigenvalue weighted by Crippen LogP contribution is 2.32. The van der Waals surface area contributed by atoms with Crippen molar-refractivity contribution in [1.82, 2.24) is 9.97 Å². The molecule has 0 unspecified atom stereocenters. The van der Waals surface area contributed by atoms with Crippen molar-refractivity contribution in [3.63, 3.8) is 0 Å². The molecule has 1 aromatic carbocycles. The zero-order valence-corrected chi connectivity index (χ0v) is 16.1. The minimum atomic E-state index is -0.312. The highest BCUT2D eigenvalue weighted by molar-refractivity contribution is 8.13. The lowest BCUT2D eigenvalue weighted by molar-refractivity contribution is -0.109. The Kier molecular flexibility index (Phi) is 6.00. The molecule has 2 aromatic heterocycles. The highest BCUT2D eigenvalue weighted by Gasteiger charge is 2.15. The quantitative estimate of drug-likeness (QED) is 0.279. The van der Waals surface area contributed by atoms with Crippen molar-refractivity contribution in [2.45, 2.75) is 5.16 Å². The molecule has 0 aliphatic heterocycles. The Bertz CT molecular complexity index is 1000. The number of aromatic nitrogens is 2. The van der Waals surface area contributed by atoms with Crippen LogP contribution in [0.4, 0.5) is 0 Å². The van der Waals surface area contributed by atoms with Gasteiger partial charge in [-0.15, -0.1) is 0 Å². The largest absolute Gasteiger partial charge is 0.463 e. The van der Waals surface area contributed by atoms with Crippen LogP contribution in [0.2, 0.25) is 10.0 Å². The first kappa shape index (κ1) is 19.2. The van der Waals surface area contributed by atoms with Crippen LogP contribution in [-0.4, -0.2) is 27.6 Å². The van der Waals surface area contributed by atoms with Gasteiger partial charge in [0.25, 0.3) is 0 Å². The van der Waals surface area contributed by atoms with E-state index in [2.05, 4.69) is 15.0 Å². The number of carbonyl (C=O) groups excluding carboxylic acids is 1. The monoisotopic (exact) mass is 421 g/mol. The Morgan fingerprint density at radius 3 is 2.59 bits per heavy atom. The third-order valence-electron chi connectivity index (χ3n) is 3.28. The molecule has 7 nitrogen and oxygen atoms in total. The fraction of sp³-hybridized carbons (Fsp3) is 0.0588. The molecule has 0 aliphatic carbocycles. The number of benzene rings is 1. The first-order chi connectivity index (χ1) is 12.9. The molecule has 138 valence electrons. The standard InChI is InChI=1S/C17H13Cl2N5O2S/c18-9-3-4-10(11(19)6-9)12-7-13(14-2-1-5-26-14)24-17(23-12)27-15(25)8-22-16(20)21/h1-7H,8H2,(H4,20,21,22). The van der Waals surface area contributed by atoms with Gasteiger partial charge in [0.1, 0.15) is 12.2 Å². The predicted octanol–water partition coefficient (Wildman–Crippen LogP) is 3.60. The van der Waals surface area contributed by atoms with Crippen molar-refractivity contribution >= 4 is 46.0 Å². The van der Waals surface area contributed by atoms with Gasteiger partial charge in [0.05, 0.1) is 17.0 Å². The Morgan fingerprint density at radius 1 is 1.15 bits per heavy atom. The molecule has 0 atom stereocenters. The van der Waals surface area contributed by atoms with E-state index in [1.165, 1.54) is 6.26 Å². The first-order valence-electron chi connectivity index (χ1n) is 7.57. The van der Waals surface area contributed by atoms with Gasteiger partial charge in [-0.2, -0.15) is 0 Å². The van der Waals surface area contributed by atoms with Crippen LogP contribution in [0.5, 0.6) is 0 Å². The van der Waals surface area contributed by atoms with Gasteiger partial charge in [0, 0.05) is 10.6 Å². The van der Waals surface area contributed by atoms with Crippen LogP contribution < -0.4 is 11.5 Å². The Hall–Kier alpha value is -2.55. The molecular weight excluding hydrogens is 409 g/mol. The van der Waals surface area contributed by atoms with Gasteiger partial charge in [-0.05, 0) is 48.2 Å². The van der Waals surface area contributed by atoms with Gasteiger partial charge in [0.15, 0.2) is 16.9 Å². The van der Waals surface area contributed by atoms with Crippen molar-refractivity contribution in [2.75, 3.05) is 6.54 Å². The minimum Gasteiger partial charge on any atom is -0.463 e. The molecule has 0 fully saturated rings. The summed E-state index contributed by atoms with van der Waals surface area (Å²) < 4.78 is 5.41. The fourth-order valence-corrected chi connectivity index (χ4v) is 3.27. The number of aliphatic imine (C=N–C) groups is 1. The molecule has 3 aromatic rings. The lowest BCUT2D eigenvalue weighted by Gasteiger charge is -2.08. The zero-order chi connectivity index (χ0) is 19.4. The summed E-state index contributed by atoms with van der Waals surface area (Å²) in [6.45, 7) is -0.182. The minimum absolute atomic E-state index is 0.164. The zero-order valence-electron chi connectivity index (χ0n) is 13.7. The van der Waals surface area contributed by atoms with Gasteiger partial charge in [-0.25, -0.2) is 15.0 Å². The number of guanidine groups is 1. The van der Waals surface area contributed by atoms with Crippen LogP contribution >= 0.6 is 35.0 Å². The summed E-state index contributed by atoms with van der Waals surface area (Å²) in [5.74, 6) is 0.366. The average Bonchev–Trinajstić information content (AvgIpc) is 3.14. The molecule has 0 amide bonds. The molecule has 2 heterocycles. The van der Waals surface area contributed by atoms with Crippen molar-refractivity contribution in [2.24, 2.45) is 16.5 Å². The lowest BCUT2D eigenvalue weighted by atomic mass is 10.1. The molecule has 27 heavy (non-hydrogen) atoms. The van der Waals surface area contributed by atoms with Crippen LogP contribution in [0.1, 0.15) is 0 Å². The summed E-state index contributed by atoms with van der Waals surface area (Å²) >= 11 is 13.1. The van der Waals surface area contributed by atoms with E-state index >= 15 is 0 Å². The molecular formula is C17H13Cl2N5O2S. The van der Waals surface area contributed by atoms with Crippen LogP contribution in [0.3, 0.4) is 0 Å².